The lowest BCUT2D eigenvalue weighted by Gasteiger charge is -2.11. The van der Waals surface area contributed by atoms with Gasteiger partial charge in [0, 0.05) is 11.3 Å². The van der Waals surface area contributed by atoms with Crippen LogP contribution in [0.2, 0.25) is 0 Å². The maximum atomic E-state index is 12.5. The van der Waals surface area contributed by atoms with Crippen LogP contribution in [0, 0.1) is 0 Å². The van der Waals surface area contributed by atoms with Crippen LogP contribution in [0.25, 0.3) is 0 Å². The second kappa shape index (κ2) is 8.66. The molecule has 0 aliphatic carbocycles. The van der Waals surface area contributed by atoms with E-state index in [4.69, 9.17) is 0 Å². The number of carbonyl (C=O) groups is 2. The SMILES string of the molecule is COC(=O)c1cccc(NC(=O)c2ccc(NS(=O)(=O)c3ccccc3)cc2)c1O. The van der Waals surface area contributed by atoms with Gasteiger partial charge >= 0.3 is 5.97 Å². The molecule has 0 aromatic heterocycles. The molecule has 0 aliphatic rings. The molecule has 0 radical (unpaired) electrons. The molecule has 9 heteroatoms. The summed E-state index contributed by atoms with van der Waals surface area (Å²) in [6.45, 7) is 0. The standard InChI is InChI=1S/C21H18N2O6S/c1-29-21(26)17-8-5-9-18(19(17)24)22-20(25)14-10-12-15(13-11-14)23-30(27,28)16-6-3-2-4-7-16/h2-13,23-24H,1H3,(H,22,25). The second-order valence-corrected chi connectivity index (χ2v) is 7.83. The molecule has 0 unspecified atom stereocenters. The molecular weight excluding hydrogens is 408 g/mol. The molecule has 0 bridgehead atoms. The fourth-order valence-corrected chi connectivity index (χ4v) is 3.70. The number of hydrogen-bond donors (Lipinski definition) is 3. The van der Waals surface area contributed by atoms with Gasteiger partial charge in [-0.3, -0.25) is 9.52 Å². The van der Waals surface area contributed by atoms with E-state index in [1.807, 2.05) is 0 Å². The number of anilines is 2. The molecule has 0 saturated heterocycles. The Labute approximate surface area is 173 Å². The van der Waals surface area contributed by atoms with Crippen molar-refractivity contribution in [1.82, 2.24) is 0 Å². The summed E-state index contributed by atoms with van der Waals surface area (Å²) in [7, 11) is -2.56. The van der Waals surface area contributed by atoms with Crippen LogP contribution in [0.1, 0.15) is 20.7 Å². The highest BCUT2D eigenvalue weighted by Gasteiger charge is 2.17. The third-order valence-electron chi connectivity index (χ3n) is 4.14. The largest absolute Gasteiger partial charge is 0.505 e. The van der Waals surface area contributed by atoms with Gasteiger partial charge < -0.3 is 15.2 Å². The van der Waals surface area contributed by atoms with E-state index in [9.17, 15) is 23.1 Å². The van der Waals surface area contributed by atoms with Gasteiger partial charge in [-0.15, -0.1) is 0 Å². The second-order valence-electron chi connectivity index (χ2n) is 6.14. The van der Waals surface area contributed by atoms with Crippen molar-refractivity contribution in [3.63, 3.8) is 0 Å². The zero-order valence-corrected chi connectivity index (χ0v) is 16.6. The molecule has 1 amide bonds. The zero-order chi connectivity index (χ0) is 21.7. The Morgan fingerprint density at radius 2 is 1.57 bits per heavy atom. The van der Waals surface area contributed by atoms with E-state index in [0.717, 1.165) is 0 Å². The van der Waals surface area contributed by atoms with Gasteiger partial charge in [0.1, 0.15) is 5.56 Å². The van der Waals surface area contributed by atoms with Crippen molar-refractivity contribution in [1.29, 1.82) is 0 Å². The predicted octanol–water partition coefficient (Wildman–Crippen LogP) is 3.23. The number of phenols is 1. The van der Waals surface area contributed by atoms with Gasteiger partial charge in [-0.1, -0.05) is 24.3 Å². The van der Waals surface area contributed by atoms with Gasteiger partial charge in [0.05, 0.1) is 17.7 Å². The summed E-state index contributed by atoms with van der Waals surface area (Å²) in [5.41, 5.74) is 0.462. The first kappa shape index (κ1) is 20.9. The molecule has 3 rings (SSSR count). The van der Waals surface area contributed by atoms with Crippen LogP contribution in [-0.2, 0) is 14.8 Å². The van der Waals surface area contributed by atoms with Crippen LogP contribution < -0.4 is 10.0 Å². The quantitative estimate of drug-likeness (QED) is 0.411. The Morgan fingerprint density at radius 1 is 0.900 bits per heavy atom. The van der Waals surface area contributed by atoms with Crippen LogP contribution in [0.4, 0.5) is 11.4 Å². The summed E-state index contributed by atoms with van der Waals surface area (Å²) < 4.78 is 31.7. The van der Waals surface area contributed by atoms with Crippen LogP contribution in [0.15, 0.2) is 77.7 Å². The first-order valence-corrected chi connectivity index (χ1v) is 10.2. The highest BCUT2D eigenvalue weighted by molar-refractivity contribution is 7.92. The lowest BCUT2D eigenvalue weighted by Crippen LogP contribution is -2.14. The van der Waals surface area contributed by atoms with Gasteiger partial charge in [-0.2, -0.15) is 0 Å². The summed E-state index contributed by atoms with van der Waals surface area (Å²) in [5, 5.41) is 12.7. The lowest BCUT2D eigenvalue weighted by molar-refractivity contribution is 0.0597. The van der Waals surface area contributed by atoms with Crippen molar-refractivity contribution in [2.45, 2.75) is 4.90 Å². The number of carbonyl (C=O) groups excluding carboxylic acids is 2. The van der Waals surface area contributed by atoms with Crippen molar-refractivity contribution in [2.75, 3.05) is 17.1 Å². The Balaban J connectivity index is 1.74. The normalized spacial score (nSPS) is 10.8. The molecule has 0 heterocycles. The van der Waals surface area contributed by atoms with Crippen LogP contribution >= 0.6 is 0 Å². The van der Waals surface area contributed by atoms with E-state index in [1.54, 1.807) is 18.2 Å². The van der Waals surface area contributed by atoms with Crippen LogP contribution in [-0.4, -0.2) is 32.5 Å². The number of esters is 1. The van der Waals surface area contributed by atoms with Crippen molar-refractivity contribution in [2.24, 2.45) is 0 Å². The third-order valence-corrected chi connectivity index (χ3v) is 5.54. The highest BCUT2D eigenvalue weighted by Crippen LogP contribution is 2.28. The number of para-hydroxylation sites is 1. The average molecular weight is 426 g/mol. The summed E-state index contributed by atoms with van der Waals surface area (Å²) in [4.78, 5) is 24.2. The molecular formula is C21H18N2O6S. The summed E-state index contributed by atoms with van der Waals surface area (Å²) >= 11 is 0. The highest BCUT2D eigenvalue weighted by atomic mass is 32.2. The number of hydrogen-bond acceptors (Lipinski definition) is 6. The maximum absolute atomic E-state index is 12.5. The number of ether oxygens (including phenoxy) is 1. The maximum Gasteiger partial charge on any atom is 0.341 e. The summed E-state index contributed by atoms with van der Waals surface area (Å²) in [6, 6.07) is 17.9. The van der Waals surface area contributed by atoms with E-state index in [-0.39, 0.29) is 27.4 Å². The minimum atomic E-state index is -3.74. The number of phenolic OH excluding ortho intramolecular Hbond substituents is 1. The number of rotatable bonds is 6. The van der Waals surface area contributed by atoms with Crippen molar-refractivity contribution < 1.29 is 27.9 Å². The molecule has 3 aromatic rings. The molecule has 0 saturated carbocycles. The van der Waals surface area contributed by atoms with Crippen LogP contribution in [0.3, 0.4) is 0 Å². The molecule has 0 atom stereocenters. The van der Waals surface area contributed by atoms with Gasteiger partial charge in [0.25, 0.3) is 15.9 Å². The fourth-order valence-electron chi connectivity index (χ4n) is 2.62. The minimum Gasteiger partial charge on any atom is -0.505 e. The Morgan fingerprint density at radius 3 is 2.20 bits per heavy atom. The third kappa shape index (κ3) is 4.58. The Bertz CT molecular complexity index is 1180. The molecule has 30 heavy (non-hydrogen) atoms. The van der Waals surface area contributed by atoms with Gasteiger partial charge in [-0.05, 0) is 48.5 Å². The number of aromatic hydroxyl groups is 1. The van der Waals surface area contributed by atoms with E-state index in [2.05, 4.69) is 14.8 Å². The van der Waals surface area contributed by atoms with E-state index in [0.29, 0.717) is 0 Å². The topological polar surface area (TPSA) is 122 Å². The number of sulfonamides is 1. The Kier molecular flexibility index (Phi) is 6.03. The van der Waals surface area contributed by atoms with Gasteiger partial charge in [0.2, 0.25) is 0 Å². The first-order valence-electron chi connectivity index (χ1n) is 8.71. The number of methoxy groups -OCH3 is 1. The molecule has 0 fully saturated rings. The first-order chi connectivity index (χ1) is 14.3. The molecule has 0 aliphatic heterocycles. The van der Waals surface area contributed by atoms with Crippen molar-refractivity contribution >= 4 is 33.3 Å². The smallest absolute Gasteiger partial charge is 0.341 e. The molecule has 3 N–H and O–H groups in total. The molecule has 154 valence electrons. The molecule has 0 spiro atoms. The van der Waals surface area contributed by atoms with Crippen molar-refractivity contribution in [3.8, 4) is 5.75 Å². The zero-order valence-electron chi connectivity index (χ0n) is 15.8. The number of benzene rings is 3. The Hall–Kier alpha value is -3.85. The van der Waals surface area contributed by atoms with E-state index in [1.165, 1.54) is 61.7 Å². The van der Waals surface area contributed by atoms with Gasteiger partial charge in [0.15, 0.2) is 5.75 Å². The van der Waals surface area contributed by atoms with E-state index < -0.39 is 27.6 Å². The van der Waals surface area contributed by atoms with E-state index >= 15 is 0 Å². The molecule has 3 aromatic carbocycles. The predicted molar refractivity (Wildman–Crippen MR) is 111 cm³/mol. The monoisotopic (exact) mass is 426 g/mol. The number of nitrogens with one attached hydrogen (secondary N) is 2. The van der Waals surface area contributed by atoms with Crippen LogP contribution in [0.5, 0.6) is 5.75 Å². The summed E-state index contributed by atoms with van der Waals surface area (Å²) in [5.74, 6) is -1.70. The lowest BCUT2D eigenvalue weighted by atomic mass is 10.1. The minimum absolute atomic E-state index is 0.0387. The fraction of sp³-hybridized carbons (Fsp3) is 0.0476. The average Bonchev–Trinajstić information content (AvgIpc) is 2.75. The summed E-state index contributed by atoms with van der Waals surface area (Å²) in [6.07, 6.45) is 0. The number of amides is 1. The van der Waals surface area contributed by atoms with Crippen molar-refractivity contribution in [3.05, 3.63) is 83.9 Å². The van der Waals surface area contributed by atoms with Gasteiger partial charge in [-0.25, -0.2) is 13.2 Å². The molecule has 8 nitrogen and oxygen atoms in total.